The van der Waals surface area contributed by atoms with Crippen molar-refractivity contribution >= 4 is 122 Å². The van der Waals surface area contributed by atoms with Crippen molar-refractivity contribution in [3.05, 3.63) is 374 Å². The zero-order chi connectivity index (χ0) is 61.2. The number of benzene rings is 12. The van der Waals surface area contributed by atoms with Crippen LogP contribution >= 0.6 is 11.8 Å². The van der Waals surface area contributed by atoms with Crippen molar-refractivity contribution in [1.29, 1.82) is 0 Å². The summed E-state index contributed by atoms with van der Waals surface area (Å²) in [5.74, 6) is 0. The number of thioether (sulfide) groups is 1. The molecule has 428 valence electrons. The van der Waals surface area contributed by atoms with Gasteiger partial charge in [0.15, 0.2) is 0 Å². The summed E-state index contributed by atoms with van der Waals surface area (Å²) in [5, 5.41) is 0. The minimum atomic E-state index is -4.05. The second kappa shape index (κ2) is 30.1. The Bertz CT molecular complexity index is 3930. The van der Waals surface area contributed by atoms with Crippen LogP contribution in [0.2, 0.25) is 0 Å². The molecule has 0 amide bonds. The van der Waals surface area contributed by atoms with Gasteiger partial charge in [-0.1, -0.05) is 0 Å². The van der Waals surface area contributed by atoms with Crippen LogP contribution in [0.4, 0.5) is 11.4 Å². The molecule has 5 nitrogen and oxygen atoms in total. The maximum atomic E-state index is 14.4. The normalized spacial score (nSPS) is 11.1. The molecule has 12 aromatic rings. The molecule has 0 aliphatic rings. The summed E-state index contributed by atoms with van der Waals surface area (Å²) < 4.78 is 11.2. The van der Waals surface area contributed by atoms with E-state index in [1.54, 1.807) is 36.0 Å². The molecule has 12 aromatic carbocycles. The van der Waals surface area contributed by atoms with E-state index in [1.165, 1.54) is 26.4 Å². The number of hydrogen-bond acceptors (Lipinski definition) is 5. The van der Waals surface area contributed by atoms with Crippen molar-refractivity contribution in [2.24, 2.45) is 0 Å². The molecule has 0 aliphatic heterocycles. The summed E-state index contributed by atoms with van der Waals surface area (Å²) >= 11 is -10.3. The molecule has 88 heavy (non-hydrogen) atoms. The summed E-state index contributed by atoms with van der Waals surface area (Å²) in [6, 6.07) is 116. The molecular formula is C79H66N2O3SSn3. The third-order valence-electron chi connectivity index (χ3n) is 16.1. The molecule has 12 rings (SSSR count). The van der Waals surface area contributed by atoms with E-state index in [0.717, 1.165) is 27.6 Å². The van der Waals surface area contributed by atoms with Crippen LogP contribution in [0, 0.1) is 6.57 Å². The van der Waals surface area contributed by atoms with Crippen LogP contribution in [0.1, 0.15) is 31.1 Å². The van der Waals surface area contributed by atoms with Gasteiger partial charge in [0.2, 0.25) is 0 Å². The van der Waals surface area contributed by atoms with Gasteiger partial charge in [-0.05, 0) is 0 Å². The zero-order valence-electron chi connectivity index (χ0n) is 49.4. The van der Waals surface area contributed by atoms with E-state index < -0.39 is 55.1 Å². The average molecular weight is 1480 g/mol. The van der Waals surface area contributed by atoms with Gasteiger partial charge < -0.3 is 0 Å². The number of hydrogen-bond donors (Lipinski definition) is 0. The van der Waals surface area contributed by atoms with Crippen LogP contribution < -0.4 is 37.1 Å². The van der Waals surface area contributed by atoms with E-state index in [-0.39, 0.29) is 11.4 Å². The van der Waals surface area contributed by atoms with Crippen LogP contribution in [0.25, 0.3) is 4.85 Å². The van der Waals surface area contributed by atoms with Crippen molar-refractivity contribution in [3.63, 3.8) is 0 Å². The minimum absolute atomic E-state index is 0.194. The molecule has 0 fully saturated rings. The van der Waals surface area contributed by atoms with Gasteiger partial charge in [-0.25, -0.2) is 0 Å². The van der Waals surface area contributed by atoms with Gasteiger partial charge in [0.1, 0.15) is 0 Å². The molecule has 0 atom stereocenters. The van der Waals surface area contributed by atoms with Crippen molar-refractivity contribution in [2.75, 3.05) is 25.3 Å². The Labute approximate surface area is 534 Å². The van der Waals surface area contributed by atoms with Gasteiger partial charge in [-0.3, -0.25) is 0 Å². The Morgan fingerprint density at radius 3 is 0.670 bits per heavy atom. The zero-order valence-corrected chi connectivity index (χ0v) is 58.8. The van der Waals surface area contributed by atoms with E-state index >= 15 is 0 Å². The second-order valence-corrected chi connectivity index (χ2v) is 53.8. The monoisotopic (exact) mass is 1480 g/mol. The maximum absolute atomic E-state index is 14.4. The van der Waals surface area contributed by atoms with E-state index in [0.29, 0.717) is 11.3 Å². The van der Waals surface area contributed by atoms with Crippen molar-refractivity contribution < 1.29 is 14.4 Å². The fourth-order valence-electron chi connectivity index (χ4n) is 11.9. The molecule has 0 aromatic heterocycles. The van der Waals surface area contributed by atoms with E-state index in [1.807, 2.05) is 141 Å². The van der Waals surface area contributed by atoms with Crippen LogP contribution in [-0.2, 0) is 0 Å². The molecule has 9 heteroatoms. The third-order valence-corrected chi connectivity index (χ3v) is 56.0. The molecule has 0 saturated carbocycles. The first-order valence-electron chi connectivity index (χ1n) is 29.2. The van der Waals surface area contributed by atoms with E-state index in [9.17, 15) is 14.4 Å². The Balaban J connectivity index is 0.000000146. The van der Waals surface area contributed by atoms with Gasteiger partial charge in [0.05, 0.1) is 0 Å². The standard InChI is InChI=1S/C9H10NO.C8H4NO.C8H7OS.9C6H5.3Sn/c1-10(2)9-5-3-8(7-11)4-6-9;1-9-8-4-2-7(6-10)3-5-8;1-10-8-4-2-7(6-9)3-5-8;9*1-2-4-6-5-3-1;;;/h3-6H,1-2H3;2-5H;2-5H,1H3;9*1-5H;;;. The Morgan fingerprint density at radius 2 is 0.489 bits per heavy atom. The average Bonchev–Trinajstić information content (AvgIpc) is 1.44. The topological polar surface area (TPSA) is 58.8 Å². The summed E-state index contributed by atoms with van der Waals surface area (Å²) in [5.41, 5.74) is 3.89. The molecular weight excluding hydrogens is 1410 g/mol. The Morgan fingerprint density at radius 1 is 0.295 bits per heavy atom. The Kier molecular flexibility index (Phi) is 21.4. The molecule has 0 spiro atoms. The van der Waals surface area contributed by atoms with Crippen molar-refractivity contribution in [3.8, 4) is 0 Å². The first-order valence-corrected chi connectivity index (χ1v) is 47.5. The fraction of sp³-hybridized carbons (Fsp3) is 0.0380. The van der Waals surface area contributed by atoms with Crippen molar-refractivity contribution in [2.45, 2.75) is 4.90 Å². The number of carbonyl (C=O) groups is 3. The predicted molar refractivity (Wildman–Crippen MR) is 377 cm³/mol. The molecule has 0 heterocycles. The number of rotatable bonds is 17. The molecule has 0 saturated heterocycles. The number of anilines is 1. The molecule has 0 unspecified atom stereocenters. The SMILES string of the molecule is CN(C)c1ccc([C](=O)[Sn]([c]2ccccc2)([c]2ccccc2)[c]2ccccc2)cc1.CSc1ccc([C](=O)[Sn]([c]2ccccc2)([c]2ccccc2)[c]2ccccc2)cc1.[C-]#[N+]c1ccc([C](=O)[Sn]([c]2ccccc2)([c]2ccccc2)[c]2ccccc2)cc1. The van der Waals surface area contributed by atoms with Crippen molar-refractivity contribution in [1.82, 2.24) is 0 Å². The van der Waals surface area contributed by atoms with Crippen LogP contribution in [0.15, 0.2) is 351 Å². The van der Waals surface area contributed by atoms with Gasteiger partial charge >= 0.3 is 540 Å². The number of carbonyl (C=O) groups excluding carboxylic acids is 3. The van der Waals surface area contributed by atoms with Gasteiger partial charge in [0.25, 0.3) is 0 Å². The van der Waals surface area contributed by atoms with Crippen LogP contribution in [0.3, 0.4) is 0 Å². The first-order chi connectivity index (χ1) is 43.2. The fourth-order valence-corrected chi connectivity index (χ4v) is 50.5. The van der Waals surface area contributed by atoms with E-state index in [4.69, 9.17) is 6.57 Å². The van der Waals surface area contributed by atoms with Gasteiger partial charge in [0, 0.05) is 0 Å². The Hall–Kier alpha value is -8.31. The molecule has 0 aliphatic carbocycles. The summed E-state index contributed by atoms with van der Waals surface area (Å²) in [7, 11) is 4.02. The summed E-state index contributed by atoms with van der Waals surface area (Å²) in [4.78, 5) is 49.8. The summed E-state index contributed by atoms with van der Waals surface area (Å²) in [6.45, 7) is 7.20. The van der Waals surface area contributed by atoms with Crippen LogP contribution in [-0.4, -0.2) is 86.9 Å². The first kappa shape index (κ1) is 62.7. The molecule has 0 bridgehead atoms. The quantitative estimate of drug-likeness (QED) is 0.0517. The van der Waals surface area contributed by atoms with E-state index in [2.05, 4.69) is 210 Å². The van der Waals surface area contributed by atoms with Gasteiger partial charge in [-0.15, -0.1) is 0 Å². The van der Waals surface area contributed by atoms with Crippen LogP contribution in [0.5, 0.6) is 0 Å². The van der Waals surface area contributed by atoms with Gasteiger partial charge in [-0.2, -0.15) is 0 Å². The molecule has 0 N–H and O–H groups in total. The molecule has 0 radical (unpaired) electrons. The number of nitrogens with zero attached hydrogens (tertiary/aromatic N) is 2. The predicted octanol–water partition coefficient (Wildman–Crippen LogP) is 12.1. The second-order valence-electron chi connectivity index (χ2n) is 21.4. The third kappa shape index (κ3) is 13.3. The summed E-state index contributed by atoms with van der Waals surface area (Å²) in [6.07, 6.45) is 2.05.